The number of benzene rings is 1. The van der Waals surface area contributed by atoms with Crippen molar-refractivity contribution in [2.45, 2.75) is 13.8 Å². The highest BCUT2D eigenvalue weighted by molar-refractivity contribution is 5.65. The summed E-state index contributed by atoms with van der Waals surface area (Å²) in [5.41, 5.74) is 4.88. The quantitative estimate of drug-likeness (QED) is 0.763. The maximum Gasteiger partial charge on any atom is 0.213 e. The first-order valence-electron chi connectivity index (χ1n) is 5.28. The van der Waals surface area contributed by atoms with E-state index in [1.165, 1.54) is 16.7 Å². The van der Waals surface area contributed by atoms with E-state index in [1.807, 2.05) is 12.1 Å². The molecule has 0 spiro atoms. The van der Waals surface area contributed by atoms with Crippen LogP contribution in [0.4, 0.5) is 0 Å². The maximum absolute atomic E-state index is 5.13. The zero-order valence-electron chi connectivity index (χ0n) is 9.82. The third kappa shape index (κ3) is 2.22. The zero-order chi connectivity index (χ0) is 11.5. The van der Waals surface area contributed by atoms with E-state index in [4.69, 9.17) is 4.74 Å². The summed E-state index contributed by atoms with van der Waals surface area (Å²) in [6, 6.07) is 10.5. The van der Waals surface area contributed by atoms with Crippen molar-refractivity contribution in [2.24, 2.45) is 0 Å². The van der Waals surface area contributed by atoms with Crippen LogP contribution in [0.2, 0.25) is 0 Å². The molecule has 0 aliphatic heterocycles. The minimum Gasteiger partial charge on any atom is -0.481 e. The molecule has 0 saturated carbocycles. The van der Waals surface area contributed by atoms with Crippen LogP contribution >= 0.6 is 0 Å². The molecule has 1 heterocycles. The molecule has 2 aromatic rings. The summed E-state index contributed by atoms with van der Waals surface area (Å²) >= 11 is 0. The summed E-state index contributed by atoms with van der Waals surface area (Å²) in [5, 5.41) is 0. The van der Waals surface area contributed by atoms with Gasteiger partial charge >= 0.3 is 0 Å². The molecule has 2 rings (SSSR count). The Kier molecular flexibility index (Phi) is 2.91. The minimum atomic E-state index is 0.650. The fourth-order valence-electron chi connectivity index (χ4n) is 1.84. The van der Waals surface area contributed by atoms with Crippen molar-refractivity contribution < 1.29 is 4.74 Å². The zero-order valence-corrected chi connectivity index (χ0v) is 9.82. The van der Waals surface area contributed by atoms with Gasteiger partial charge in [-0.2, -0.15) is 0 Å². The van der Waals surface area contributed by atoms with Crippen molar-refractivity contribution in [1.82, 2.24) is 4.98 Å². The molecule has 0 atom stereocenters. The molecule has 0 aliphatic carbocycles. The van der Waals surface area contributed by atoms with Crippen molar-refractivity contribution >= 4 is 0 Å². The van der Waals surface area contributed by atoms with Crippen LogP contribution in [0, 0.1) is 13.8 Å². The van der Waals surface area contributed by atoms with Gasteiger partial charge < -0.3 is 4.74 Å². The summed E-state index contributed by atoms with van der Waals surface area (Å²) in [7, 11) is 1.63. The second kappa shape index (κ2) is 4.35. The van der Waals surface area contributed by atoms with E-state index in [2.05, 4.69) is 37.0 Å². The molecule has 0 aliphatic rings. The Balaban J connectivity index is 2.49. The van der Waals surface area contributed by atoms with Gasteiger partial charge in [-0.1, -0.05) is 29.3 Å². The van der Waals surface area contributed by atoms with Crippen LogP contribution in [0.5, 0.6) is 5.88 Å². The summed E-state index contributed by atoms with van der Waals surface area (Å²) in [6.07, 6.45) is 1.77. The van der Waals surface area contributed by atoms with Crippen LogP contribution in [0.15, 0.2) is 36.5 Å². The Morgan fingerprint density at radius 2 is 1.62 bits per heavy atom. The highest BCUT2D eigenvalue weighted by Gasteiger charge is 2.01. The van der Waals surface area contributed by atoms with Crippen LogP contribution in [0.3, 0.4) is 0 Å². The molecule has 1 aromatic carbocycles. The summed E-state index contributed by atoms with van der Waals surface area (Å²) in [6.45, 7) is 4.21. The molecule has 0 saturated heterocycles. The Morgan fingerprint density at radius 3 is 2.25 bits per heavy atom. The number of pyridine rings is 1. The maximum atomic E-state index is 5.13. The smallest absolute Gasteiger partial charge is 0.213 e. The standard InChI is InChI=1S/C14H15NO/c1-10-6-11(2)8-13(7-10)12-4-5-15-14(9-12)16-3/h4-9H,1-3H3. The molecule has 82 valence electrons. The van der Waals surface area contributed by atoms with Gasteiger partial charge in [0, 0.05) is 12.3 Å². The molecule has 0 bridgehead atoms. The monoisotopic (exact) mass is 213 g/mol. The Labute approximate surface area is 95.9 Å². The lowest BCUT2D eigenvalue weighted by Gasteiger charge is -2.06. The second-order valence-electron chi connectivity index (χ2n) is 3.96. The number of ether oxygens (including phenoxy) is 1. The molecule has 0 radical (unpaired) electrons. The third-order valence-electron chi connectivity index (χ3n) is 2.50. The van der Waals surface area contributed by atoms with Crippen molar-refractivity contribution in [3.05, 3.63) is 47.7 Å². The predicted molar refractivity (Wildman–Crippen MR) is 65.7 cm³/mol. The fraction of sp³-hybridized carbons (Fsp3) is 0.214. The minimum absolute atomic E-state index is 0.650. The average Bonchev–Trinajstić information content (AvgIpc) is 2.28. The van der Waals surface area contributed by atoms with Crippen LogP contribution in [-0.2, 0) is 0 Å². The number of methoxy groups -OCH3 is 1. The van der Waals surface area contributed by atoms with E-state index in [1.54, 1.807) is 13.3 Å². The van der Waals surface area contributed by atoms with Gasteiger partial charge in [0.25, 0.3) is 0 Å². The van der Waals surface area contributed by atoms with Crippen molar-refractivity contribution in [3.8, 4) is 17.0 Å². The van der Waals surface area contributed by atoms with Gasteiger partial charge in [0.1, 0.15) is 0 Å². The van der Waals surface area contributed by atoms with Crippen molar-refractivity contribution in [1.29, 1.82) is 0 Å². The van der Waals surface area contributed by atoms with E-state index in [9.17, 15) is 0 Å². The number of hydrogen-bond acceptors (Lipinski definition) is 2. The van der Waals surface area contributed by atoms with E-state index in [0.717, 1.165) is 5.56 Å². The largest absolute Gasteiger partial charge is 0.481 e. The number of nitrogens with zero attached hydrogens (tertiary/aromatic N) is 1. The van der Waals surface area contributed by atoms with Gasteiger partial charge in [-0.05, 0) is 31.0 Å². The van der Waals surface area contributed by atoms with Gasteiger partial charge in [-0.15, -0.1) is 0 Å². The molecule has 0 fully saturated rings. The first-order valence-corrected chi connectivity index (χ1v) is 5.28. The van der Waals surface area contributed by atoms with Crippen molar-refractivity contribution in [3.63, 3.8) is 0 Å². The lowest BCUT2D eigenvalue weighted by atomic mass is 10.0. The first kappa shape index (κ1) is 10.7. The Hall–Kier alpha value is -1.83. The number of aromatic nitrogens is 1. The van der Waals surface area contributed by atoms with Crippen molar-refractivity contribution in [2.75, 3.05) is 7.11 Å². The lowest BCUT2D eigenvalue weighted by molar-refractivity contribution is 0.398. The molecule has 16 heavy (non-hydrogen) atoms. The van der Waals surface area contributed by atoms with Gasteiger partial charge in [-0.3, -0.25) is 0 Å². The topological polar surface area (TPSA) is 22.1 Å². The lowest BCUT2D eigenvalue weighted by Crippen LogP contribution is -1.88. The number of hydrogen-bond donors (Lipinski definition) is 0. The predicted octanol–water partition coefficient (Wildman–Crippen LogP) is 3.37. The summed E-state index contributed by atoms with van der Waals surface area (Å²) in [4.78, 5) is 4.11. The summed E-state index contributed by atoms with van der Waals surface area (Å²) < 4.78 is 5.13. The Bertz CT molecular complexity index is 486. The van der Waals surface area contributed by atoms with E-state index >= 15 is 0 Å². The van der Waals surface area contributed by atoms with E-state index in [-0.39, 0.29) is 0 Å². The van der Waals surface area contributed by atoms with Gasteiger partial charge in [0.15, 0.2) is 0 Å². The molecule has 2 nitrogen and oxygen atoms in total. The van der Waals surface area contributed by atoms with E-state index in [0.29, 0.717) is 5.88 Å². The fourth-order valence-corrected chi connectivity index (χ4v) is 1.84. The number of rotatable bonds is 2. The second-order valence-corrected chi connectivity index (χ2v) is 3.96. The number of aryl methyl sites for hydroxylation is 2. The van der Waals surface area contributed by atoms with Gasteiger partial charge in [-0.25, -0.2) is 4.98 Å². The van der Waals surface area contributed by atoms with Crippen LogP contribution in [-0.4, -0.2) is 12.1 Å². The first-order chi connectivity index (χ1) is 7.69. The highest BCUT2D eigenvalue weighted by Crippen LogP contribution is 2.24. The molecule has 1 aromatic heterocycles. The summed E-state index contributed by atoms with van der Waals surface area (Å²) in [5.74, 6) is 0.650. The van der Waals surface area contributed by atoms with Crippen LogP contribution in [0.25, 0.3) is 11.1 Å². The SMILES string of the molecule is COc1cc(-c2cc(C)cc(C)c2)ccn1. The molecular formula is C14H15NO. The van der Waals surface area contributed by atoms with Crippen LogP contribution in [0.1, 0.15) is 11.1 Å². The van der Waals surface area contributed by atoms with Gasteiger partial charge in [0.2, 0.25) is 5.88 Å². The van der Waals surface area contributed by atoms with Gasteiger partial charge in [0.05, 0.1) is 7.11 Å². The molecule has 0 unspecified atom stereocenters. The molecular weight excluding hydrogens is 198 g/mol. The Morgan fingerprint density at radius 1 is 0.938 bits per heavy atom. The van der Waals surface area contributed by atoms with Crippen LogP contribution < -0.4 is 4.74 Å². The van der Waals surface area contributed by atoms with E-state index < -0.39 is 0 Å². The third-order valence-corrected chi connectivity index (χ3v) is 2.50. The molecule has 0 amide bonds. The molecule has 2 heteroatoms. The highest BCUT2D eigenvalue weighted by atomic mass is 16.5. The molecule has 0 N–H and O–H groups in total. The normalized spacial score (nSPS) is 10.2. The average molecular weight is 213 g/mol.